The SMILES string of the molecule is CC(NC(=O)CN1C(=O)COc2ccc(Cl)cc21)c1cccc(NC(=O)c2ccccc2)c1. The zero-order valence-electron chi connectivity index (χ0n) is 17.9. The van der Waals surface area contributed by atoms with Gasteiger partial charge in [-0.05, 0) is 55.0 Å². The summed E-state index contributed by atoms with van der Waals surface area (Å²) in [5.74, 6) is -0.366. The Balaban J connectivity index is 1.41. The first kappa shape index (κ1) is 22.4. The minimum Gasteiger partial charge on any atom is -0.482 e. The Hall–Kier alpha value is -3.84. The Kier molecular flexibility index (Phi) is 6.60. The third-order valence-corrected chi connectivity index (χ3v) is 5.46. The average Bonchev–Trinajstić information content (AvgIpc) is 2.81. The van der Waals surface area contributed by atoms with Crippen LogP contribution in [0.3, 0.4) is 0 Å². The molecular weight excluding hydrogens is 442 g/mol. The van der Waals surface area contributed by atoms with Crippen LogP contribution in [0.25, 0.3) is 0 Å². The Morgan fingerprint density at radius 2 is 1.85 bits per heavy atom. The standard InChI is InChI=1S/C25H22ClN3O4/c1-16(18-8-5-9-20(12-18)28-25(32)17-6-3-2-4-7-17)27-23(30)14-29-21-13-19(26)10-11-22(21)33-15-24(29)31/h2-13,16H,14-15H2,1H3,(H,27,30)(H,28,32). The number of nitrogens with one attached hydrogen (secondary N) is 2. The van der Waals surface area contributed by atoms with Crippen LogP contribution in [0.2, 0.25) is 5.02 Å². The third kappa shape index (κ3) is 5.32. The molecule has 3 aromatic carbocycles. The lowest BCUT2D eigenvalue weighted by Crippen LogP contribution is -2.45. The lowest BCUT2D eigenvalue weighted by Gasteiger charge is -2.29. The maximum Gasteiger partial charge on any atom is 0.265 e. The second-order valence-electron chi connectivity index (χ2n) is 7.62. The molecule has 0 bridgehead atoms. The van der Waals surface area contributed by atoms with Gasteiger partial charge in [0, 0.05) is 16.3 Å². The van der Waals surface area contributed by atoms with Crippen LogP contribution in [-0.4, -0.2) is 30.9 Å². The van der Waals surface area contributed by atoms with Crippen molar-refractivity contribution in [3.63, 3.8) is 0 Å². The highest BCUT2D eigenvalue weighted by molar-refractivity contribution is 6.31. The van der Waals surface area contributed by atoms with Crippen LogP contribution in [0, 0.1) is 0 Å². The molecule has 4 rings (SSSR count). The first-order chi connectivity index (χ1) is 15.9. The van der Waals surface area contributed by atoms with Crippen LogP contribution in [0.1, 0.15) is 28.9 Å². The number of carbonyl (C=O) groups excluding carboxylic acids is 3. The molecule has 0 fully saturated rings. The summed E-state index contributed by atoms with van der Waals surface area (Å²) in [6, 6.07) is 20.8. The summed E-state index contributed by atoms with van der Waals surface area (Å²) < 4.78 is 5.41. The number of anilines is 2. The summed E-state index contributed by atoms with van der Waals surface area (Å²) in [5.41, 5.74) is 2.45. The van der Waals surface area contributed by atoms with Crippen molar-refractivity contribution in [2.24, 2.45) is 0 Å². The Labute approximate surface area is 196 Å². The number of benzene rings is 3. The highest BCUT2D eigenvalue weighted by Crippen LogP contribution is 2.34. The van der Waals surface area contributed by atoms with E-state index >= 15 is 0 Å². The summed E-state index contributed by atoms with van der Waals surface area (Å²) in [6.45, 7) is 1.53. The molecule has 8 heteroatoms. The first-order valence-electron chi connectivity index (χ1n) is 10.4. The molecule has 33 heavy (non-hydrogen) atoms. The fraction of sp³-hybridized carbons (Fsp3) is 0.160. The molecule has 7 nitrogen and oxygen atoms in total. The normalized spacial score (nSPS) is 13.5. The molecule has 0 saturated heterocycles. The molecule has 0 radical (unpaired) electrons. The lowest BCUT2D eigenvalue weighted by molar-refractivity contribution is -0.125. The van der Waals surface area contributed by atoms with Crippen molar-refractivity contribution < 1.29 is 19.1 Å². The minimum absolute atomic E-state index is 0.138. The van der Waals surface area contributed by atoms with E-state index < -0.39 is 0 Å². The predicted molar refractivity (Wildman–Crippen MR) is 127 cm³/mol. The van der Waals surface area contributed by atoms with Crippen molar-refractivity contribution in [1.29, 1.82) is 0 Å². The largest absolute Gasteiger partial charge is 0.482 e. The molecule has 1 aliphatic heterocycles. The third-order valence-electron chi connectivity index (χ3n) is 5.22. The maximum atomic E-state index is 12.7. The van der Waals surface area contributed by atoms with Crippen LogP contribution in [0.4, 0.5) is 11.4 Å². The van der Waals surface area contributed by atoms with Gasteiger partial charge in [0.2, 0.25) is 5.91 Å². The highest BCUT2D eigenvalue weighted by atomic mass is 35.5. The number of fused-ring (bicyclic) bond motifs is 1. The molecule has 0 aromatic heterocycles. The summed E-state index contributed by atoms with van der Waals surface area (Å²) in [4.78, 5) is 38.9. The minimum atomic E-state index is -0.346. The zero-order chi connectivity index (χ0) is 23.4. The average molecular weight is 464 g/mol. The monoisotopic (exact) mass is 463 g/mol. The van der Waals surface area contributed by atoms with Crippen molar-refractivity contribution in [3.8, 4) is 5.75 Å². The summed E-state index contributed by atoms with van der Waals surface area (Å²) in [5, 5.41) is 6.21. The molecule has 2 N–H and O–H groups in total. The quantitative estimate of drug-likeness (QED) is 0.573. The number of halogens is 1. The fourth-order valence-electron chi connectivity index (χ4n) is 3.54. The maximum absolute atomic E-state index is 12.7. The fourth-order valence-corrected chi connectivity index (χ4v) is 3.71. The second-order valence-corrected chi connectivity index (χ2v) is 8.05. The van der Waals surface area contributed by atoms with E-state index in [0.29, 0.717) is 27.7 Å². The highest BCUT2D eigenvalue weighted by Gasteiger charge is 2.28. The van der Waals surface area contributed by atoms with Crippen LogP contribution in [-0.2, 0) is 9.59 Å². The van der Waals surface area contributed by atoms with Gasteiger partial charge < -0.3 is 15.4 Å². The molecule has 0 spiro atoms. The van der Waals surface area contributed by atoms with Gasteiger partial charge in [-0.15, -0.1) is 0 Å². The molecular formula is C25H22ClN3O4. The predicted octanol–water partition coefficient (Wildman–Crippen LogP) is 4.20. The molecule has 3 amide bonds. The molecule has 1 heterocycles. The van der Waals surface area contributed by atoms with E-state index in [2.05, 4.69) is 10.6 Å². The number of rotatable bonds is 6. The van der Waals surface area contributed by atoms with E-state index in [1.165, 1.54) is 4.90 Å². The topological polar surface area (TPSA) is 87.7 Å². The van der Waals surface area contributed by atoms with Gasteiger partial charge in [-0.2, -0.15) is 0 Å². The summed E-state index contributed by atoms with van der Waals surface area (Å²) >= 11 is 6.06. The second kappa shape index (κ2) is 9.75. The van der Waals surface area contributed by atoms with Crippen molar-refractivity contribution in [2.75, 3.05) is 23.4 Å². The molecule has 1 atom stereocenters. The van der Waals surface area contributed by atoms with Gasteiger partial charge in [-0.3, -0.25) is 19.3 Å². The molecule has 3 aromatic rings. The Morgan fingerprint density at radius 3 is 2.64 bits per heavy atom. The van der Waals surface area contributed by atoms with Gasteiger partial charge in [0.25, 0.3) is 11.8 Å². The van der Waals surface area contributed by atoms with Crippen molar-refractivity contribution in [2.45, 2.75) is 13.0 Å². The van der Waals surface area contributed by atoms with E-state index in [-0.39, 0.29) is 36.9 Å². The number of hydrogen-bond acceptors (Lipinski definition) is 4. The number of nitrogens with zero attached hydrogens (tertiary/aromatic N) is 1. The van der Waals surface area contributed by atoms with E-state index in [0.717, 1.165) is 5.56 Å². The van der Waals surface area contributed by atoms with E-state index in [9.17, 15) is 14.4 Å². The lowest BCUT2D eigenvalue weighted by atomic mass is 10.1. The van der Waals surface area contributed by atoms with E-state index in [4.69, 9.17) is 16.3 Å². The molecule has 1 aliphatic rings. The van der Waals surface area contributed by atoms with Gasteiger partial charge in [-0.25, -0.2) is 0 Å². The molecule has 168 valence electrons. The zero-order valence-corrected chi connectivity index (χ0v) is 18.6. The number of carbonyl (C=O) groups is 3. The molecule has 1 unspecified atom stereocenters. The Bertz CT molecular complexity index is 1200. The van der Waals surface area contributed by atoms with Crippen molar-refractivity contribution in [3.05, 3.63) is 88.9 Å². The van der Waals surface area contributed by atoms with E-state index in [1.54, 1.807) is 54.6 Å². The first-order valence-corrected chi connectivity index (χ1v) is 10.8. The van der Waals surface area contributed by atoms with Crippen molar-refractivity contribution in [1.82, 2.24) is 5.32 Å². The number of hydrogen-bond donors (Lipinski definition) is 2. The smallest absolute Gasteiger partial charge is 0.265 e. The molecule has 0 aliphatic carbocycles. The van der Waals surface area contributed by atoms with Crippen LogP contribution in [0.5, 0.6) is 5.75 Å². The molecule has 0 saturated carbocycles. The Morgan fingerprint density at radius 1 is 1.06 bits per heavy atom. The van der Waals surface area contributed by atoms with Gasteiger partial charge in [0.1, 0.15) is 12.3 Å². The van der Waals surface area contributed by atoms with Gasteiger partial charge in [0.05, 0.1) is 11.7 Å². The van der Waals surface area contributed by atoms with E-state index in [1.807, 2.05) is 25.1 Å². The van der Waals surface area contributed by atoms with Crippen molar-refractivity contribution >= 4 is 40.7 Å². The summed E-state index contributed by atoms with van der Waals surface area (Å²) in [7, 11) is 0. The van der Waals surface area contributed by atoms with Gasteiger partial charge >= 0.3 is 0 Å². The summed E-state index contributed by atoms with van der Waals surface area (Å²) in [6.07, 6.45) is 0. The van der Waals surface area contributed by atoms with Gasteiger partial charge in [-0.1, -0.05) is 41.9 Å². The van der Waals surface area contributed by atoms with Crippen LogP contribution < -0.4 is 20.3 Å². The number of ether oxygens (including phenoxy) is 1. The van der Waals surface area contributed by atoms with Gasteiger partial charge in [0.15, 0.2) is 6.61 Å². The van der Waals surface area contributed by atoms with Crippen LogP contribution >= 0.6 is 11.6 Å². The number of amides is 3. The van der Waals surface area contributed by atoms with Crippen LogP contribution in [0.15, 0.2) is 72.8 Å².